The first-order valence-corrected chi connectivity index (χ1v) is 6.74. The maximum atomic E-state index is 4.50. The van der Waals surface area contributed by atoms with Gasteiger partial charge < -0.3 is 5.32 Å². The normalized spacial score (nSPS) is 11.4. The van der Waals surface area contributed by atoms with E-state index in [1.807, 2.05) is 11.7 Å². The molecular weight excluding hydrogens is 240 g/mol. The minimum Gasteiger partial charge on any atom is -0.313 e. The highest BCUT2D eigenvalue weighted by Gasteiger charge is 2.10. The number of hydrogen-bond donors (Lipinski definition) is 2. The van der Waals surface area contributed by atoms with Crippen molar-refractivity contribution in [2.75, 3.05) is 6.54 Å². The predicted molar refractivity (Wildman–Crippen MR) is 73.7 cm³/mol. The molecule has 0 saturated heterocycles. The molecular formula is C13H22N6. The van der Waals surface area contributed by atoms with Gasteiger partial charge in [0.15, 0.2) is 0 Å². The molecule has 0 aliphatic rings. The number of aromatic amines is 1. The Bertz CT molecular complexity index is 485. The lowest BCUT2D eigenvalue weighted by Crippen LogP contribution is -2.16. The molecule has 0 saturated carbocycles. The summed E-state index contributed by atoms with van der Waals surface area (Å²) in [6, 6.07) is 0. The van der Waals surface area contributed by atoms with Crippen LogP contribution in [0.25, 0.3) is 0 Å². The summed E-state index contributed by atoms with van der Waals surface area (Å²) >= 11 is 0. The van der Waals surface area contributed by atoms with Crippen LogP contribution in [-0.2, 0) is 20.0 Å². The van der Waals surface area contributed by atoms with E-state index in [9.17, 15) is 0 Å². The number of rotatable bonds is 7. The molecule has 2 rings (SSSR count). The molecule has 0 aromatic carbocycles. The largest absolute Gasteiger partial charge is 0.313 e. The zero-order chi connectivity index (χ0) is 13.7. The summed E-state index contributed by atoms with van der Waals surface area (Å²) in [6.45, 7) is 6.19. The van der Waals surface area contributed by atoms with Gasteiger partial charge in [-0.15, -0.1) is 0 Å². The first kappa shape index (κ1) is 13.7. The molecule has 2 aromatic heterocycles. The van der Waals surface area contributed by atoms with Gasteiger partial charge in [0, 0.05) is 31.8 Å². The second kappa shape index (κ2) is 6.47. The Kier molecular flexibility index (Phi) is 4.68. The Hall–Kier alpha value is -1.69. The third kappa shape index (κ3) is 3.89. The number of aryl methyl sites for hydroxylation is 2. The lowest BCUT2D eigenvalue weighted by Gasteiger charge is -2.06. The fourth-order valence-corrected chi connectivity index (χ4v) is 2.13. The number of nitrogens with one attached hydrogen (secondary N) is 2. The van der Waals surface area contributed by atoms with Gasteiger partial charge in [-0.25, -0.2) is 4.98 Å². The fourth-order valence-electron chi connectivity index (χ4n) is 2.13. The molecule has 2 N–H and O–H groups in total. The minimum atomic E-state index is 0.465. The van der Waals surface area contributed by atoms with Crippen molar-refractivity contribution < 1.29 is 0 Å². The van der Waals surface area contributed by atoms with Gasteiger partial charge in [-0.05, 0) is 18.9 Å². The lowest BCUT2D eigenvalue weighted by atomic mass is 10.1. The molecule has 0 bridgehead atoms. The van der Waals surface area contributed by atoms with Crippen LogP contribution in [0.5, 0.6) is 0 Å². The molecule has 104 valence electrons. The van der Waals surface area contributed by atoms with E-state index in [1.165, 1.54) is 11.3 Å². The number of H-pyrrole nitrogens is 1. The first-order chi connectivity index (χ1) is 9.16. The highest BCUT2D eigenvalue weighted by molar-refractivity contribution is 5.19. The van der Waals surface area contributed by atoms with Gasteiger partial charge in [0.2, 0.25) is 0 Å². The third-order valence-corrected chi connectivity index (χ3v) is 3.03. The number of aromatic nitrogens is 5. The van der Waals surface area contributed by atoms with Crippen molar-refractivity contribution in [3.05, 3.63) is 29.6 Å². The van der Waals surface area contributed by atoms with Gasteiger partial charge in [0.1, 0.15) is 12.2 Å². The molecule has 0 amide bonds. The lowest BCUT2D eigenvalue weighted by molar-refractivity contribution is 0.633. The third-order valence-electron chi connectivity index (χ3n) is 3.03. The van der Waals surface area contributed by atoms with E-state index in [1.54, 1.807) is 6.33 Å². The highest BCUT2D eigenvalue weighted by Crippen LogP contribution is 2.16. The van der Waals surface area contributed by atoms with E-state index in [-0.39, 0.29) is 0 Å². The smallest absolute Gasteiger partial charge is 0.137 e. The van der Waals surface area contributed by atoms with Crippen LogP contribution >= 0.6 is 0 Å². The summed E-state index contributed by atoms with van der Waals surface area (Å²) in [5.74, 6) is 1.42. The summed E-state index contributed by atoms with van der Waals surface area (Å²) in [4.78, 5) is 4.10. The van der Waals surface area contributed by atoms with Crippen molar-refractivity contribution in [2.24, 2.45) is 7.05 Å². The van der Waals surface area contributed by atoms with Crippen LogP contribution < -0.4 is 5.32 Å². The van der Waals surface area contributed by atoms with E-state index in [2.05, 4.69) is 45.6 Å². The molecule has 19 heavy (non-hydrogen) atoms. The van der Waals surface area contributed by atoms with Crippen molar-refractivity contribution in [1.82, 2.24) is 30.3 Å². The second-order valence-electron chi connectivity index (χ2n) is 5.08. The zero-order valence-electron chi connectivity index (χ0n) is 11.8. The van der Waals surface area contributed by atoms with Crippen molar-refractivity contribution in [3.8, 4) is 0 Å². The van der Waals surface area contributed by atoms with Crippen LogP contribution in [0.1, 0.15) is 43.3 Å². The molecule has 0 aliphatic heterocycles. The van der Waals surface area contributed by atoms with Gasteiger partial charge in [-0.3, -0.25) is 9.78 Å². The molecule has 0 fully saturated rings. The average Bonchev–Trinajstić information content (AvgIpc) is 2.98. The molecule has 0 radical (unpaired) electrons. The molecule has 0 aliphatic carbocycles. The van der Waals surface area contributed by atoms with Crippen molar-refractivity contribution in [2.45, 2.75) is 39.2 Å². The Morgan fingerprint density at radius 1 is 1.42 bits per heavy atom. The van der Waals surface area contributed by atoms with E-state index in [0.29, 0.717) is 5.92 Å². The fraction of sp³-hybridized carbons (Fsp3) is 0.615. The number of nitrogens with zero attached hydrogens (tertiary/aromatic N) is 4. The molecule has 6 nitrogen and oxygen atoms in total. The Balaban J connectivity index is 1.73. The van der Waals surface area contributed by atoms with Crippen LogP contribution in [-0.4, -0.2) is 31.5 Å². The molecule has 0 unspecified atom stereocenters. The van der Waals surface area contributed by atoms with Gasteiger partial charge in [-0.2, -0.15) is 10.2 Å². The van der Waals surface area contributed by atoms with Crippen LogP contribution in [0.2, 0.25) is 0 Å². The van der Waals surface area contributed by atoms with Crippen LogP contribution in [0.4, 0.5) is 0 Å². The van der Waals surface area contributed by atoms with E-state index in [0.717, 1.165) is 31.8 Å². The summed E-state index contributed by atoms with van der Waals surface area (Å²) < 4.78 is 1.89. The summed E-state index contributed by atoms with van der Waals surface area (Å²) in [6.07, 6.45) is 5.62. The van der Waals surface area contributed by atoms with Gasteiger partial charge in [-0.1, -0.05) is 13.8 Å². The molecule has 0 spiro atoms. The van der Waals surface area contributed by atoms with Crippen LogP contribution in [0, 0.1) is 0 Å². The topological polar surface area (TPSA) is 71.4 Å². The highest BCUT2D eigenvalue weighted by atomic mass is 15.3. The van der Waals surface area contributed by atoms with Crippen molar-refractivity contribution in [1.29, 1.82) is 0 Å². The SMILES string of the molecule is CC(C)c1nn(C)cc1CNCCCc1ncn[nH]1. The molecule has 2 heterocycles. The zero-order valence-corrected chi connectivity index (χ0v) is 11.8. The van der Waals surface area contributed by atoms with E-state index in [4.69, 9.17) is 0 Å². The Labute approximate surface area is 113 Å². The monoisotopic (exact) mass is 262 g/mol. The quantitative estimate of drug-likeness (QED) is 0.740. The van der Waals surface area contributed by atoms with Crippen molar-refractivity contribution in [3.63, 3.8) is 0 Å². The van der Waals surface area contributed by atoms with Crippen molar-refractivity contribution >= 4 is 0 Å². The van der Waals surface area contributed by atoms with Gasteiger partial charge >= 0.3 is 0 Å². The first-order valence-electron chi connectivity index (χ1n) is 6.74. The number of hydrogen-bond acceptors (Lipinski definition) is 4. The summed E-state index contributed by atoms with van der Waals surface area (Å²) in [7, 11) is 1.97. The van der Waals surface area contributed by atoms with Gasteiger partial charge in [0.25, 0.3) is 0 Å². The molecule has 2 aromatic rings. The molecule has 6 heteroatoms. The molecule has 0 atom stereocenters. The second-order valence-corrected chi connectivity index (χ2v) is 5.08. The summed E-state index contributed by atoms with van der Waals surface area (Å²) in [5.41, 5.74) is 2.47. The maximum absolute atomic E-state index is 4.50. The van der Waals surface area contributed by atoms with Crippen LogP contribution in [0.15, 0.2) is 12.5 Å². The Morgan fingerprint density at radius 3 is 2.95 bits per heavy atom. The predicted octanol–water partition coefficient (Wildman–Crippen LogP) is 1.38. The standard InChI is InChI=1S/C13H22N6/c1-10(2)13-11(8-19(3)18-13)7-14-6-4-5-12-15-9-16-17-12/h8-10,14H,4-7H2,1-3H3,(H,15,16,17). The minimum absolute atomic E-state index is 0.465. The maximum Gasteiger partial charge on any atom is 0.137 e. The van der Waals surface area contributed by atoms with E-state index < -0.39 is 0 Å². The summed E-state index contributed by atoms with van der Waals surface area (Å²) in [5, 5.41) is 14.7. The van der Waals surface area contributed by atoms with E-state index >= 15 is 0 Å². The Morgan fingerprint density at radius 2 is 2.26 bits per heavy atom. The van der Waals surface area contributed by atoms with Gasteiger partial charge in [0.05, 0.1) is 5.69 Å². The average molecular weight is 262 g/mol. The van der Waals surface area contributed by atoms with Crippen LogP contribution in [0.3, 0.4) is 0 Å².